The van der Waals surface area contributed by atoms with Crippen molar-refractivity contribution in [3.05, 3.63) is 65.2 Å². The number of ether oxygens (including phenoxy) is 2. The Morgan fingerprint density at radius 2 is 2.00 bits per heavy atom. The molecule has 3 aromatic heterocycles. The second-order valence-corrected chi connectivity index (χ2v) is 9.97. The van der Waals surface area contributed by atoms with Crippen molar-refractivity contribution in [2.75, 3.05) is 38.3 Å². The number of hydrogen-bond acceptors (Lipinski definition) is 8. The van der Waals surface area contributed by atoms with E-state index in [-0.39, 0.29) is 5.91 Å². The molecule has 1 aliphatic rings. The first-order valence-electron chi connectivity index (χ1n) is 12.1. The summed E-state index contributed by atoms with van der Waals surface area (Å²) in [6.07, 6.45) is 2.12. The van der Waals surface area contributed by atoms with Crippen LogP contribution in [-0.4, -0.2) is 59.5 Å². The number of anilines is 1. The molecule has 0 saturated carbocycles. The van der Waals surface area contributed by atoms with Crippen LogP contribution in [0.25, 0.3) is 32.5 Å². The number of benzene rings is 2. The number of fused-ring (bicyclic) bond motifs is 2. The number of nitrogens with zero attached hydrogens (tertiary/aromatic N) is 4. The first-order chi connectivity index (χ1) is 18.2. The van der Waals surface area contributed by atoms with E-state index in [1.807, 2.05) is 48.7 Å². The Labute approximate surface area is 217 Å². The zero-order valence-corrected chi connectivity index (χ0v) is 21.2. The van der Waals surface area contributed by atoms with E-state index >= 15 is 0 Å². The number of carbonyl (C=O) groups is 1. The molecule has 1 aliphatic heterocycles. The lowest BCUT2D eigenvalue weighted by atomic mass is 10.1. The molecule has 0 atom stereocenters. The van der Waals surface area contributed by atoms with Crippen LogP contribution in [0.1, 0.15) is 10.4 Å². The van der Waals surface area contributed by atoms with Gasteiger partial charge in [0.2, 0.25) is 5.91 Å². The van der Waals surface area contributed by atoms with Gasteiger partial charge in [-0.15, -0.1) is 11.3 Å². The maximum atomic E-state index is 12.6. The highest BCUT2D eigenvalue weighted by molar-refractivity contribution is 7.19. The Balaban J connectivity index is 1.29. The van der Waals surface area contributed by atoms with Gasteiger partial charge in [-0.3, -0.25) is 9.89 Å². The number of hydrogen-bond donors (Lipinski definition) is 2. The fourth-order valence-electron chi connectivity index (χ4n) is 4.50. The Morgan fingerprint density at radius 3 is 2.81 bits per heavy atom. The van der Waals surface area contributed by atoms with Gasteiger partial charge in [0, 0.05) is 28.9 Å². The highest BCUT2D eigenvalue weighted by atomic mass is 32.1. The largest absolute Gasteiger partial charge is 0.497 e. The molecule has 0 spiro atoms. The molecule has 0 aliphatic carbocycles. The molecule has 1 fully saturated rings. The minimum absolute atomic E-state index is 0.0329. The number of nitrogens with one attached hydrogen (secondary N) is 2. The number of carbonyl (C=O) groups excluding carboxylic acids is 1. The van der Waals surface area contributed by atoms with Crippen molar-refractivity contribution < 1.29 is 14.3 Å². The van der Waals surface area contributed by atoms with Crippen LogP contribution >= 0.6 is 11.3 Å². The fourth-order valence-corrected chi connectivity index (χ4v) is 5.55. The van der Waals surface area contributed by atoms with Gasteiger partial charge >= 0.3 is 0 Å². The quantitative estimate of drug-likeness (QED) is 0.339. The van der Waals surface area contributed by atoms with E-state index in [1.54, 1.807) is 18.4 Å². The second-order valence-electron chi connectivity index (χ2n) is 8.84. The van der Waals surface area contributed by atoms with Crippen molar-refractivity contribution >= 4 is 44.2 Å². The van der Waals surface area contributed by atoms with Gasteiger partial charge in [0.05, 0.1) is 55.2 Å². The topological polar surface area (TPSA) is 105 Å². The molecule has 6 rings (SSSR count). The molecule has 0 radical (unpaired) electrons. The van der Waals surface area contributed by atoms with E-state index in [0.717, 1.165) is 61.8 Å². The lowest BCUT2D eigenvalue weighted by Gasteiger charge is -2.28. The van der Waals surface area contributed by atoms with Gasteiger partial charge in [-0.1, -0.05) is 24.3 Å². The third-order valence-electron chi connectivity index (χ3n) is 6.42. The summed E-state index contributed by atoms with van der Waals surface area (Å²) in [4.78, 5) is 25.9. The highest BCUT2D eigenvalue weighted by Gasteiger charge is 2.21. The van der Waals surface area contributed by atoms with Gasteiger partial charge in [-0.05, 0) is 29.8 Å². The monoisotopic (exact) mass is 514 g/mol. The molecular formula is C27H26N6O3S. The third kappa shape index (κ3) is 4.85. The lowest BCUT2D eigenvalue weighted by Crippen LogP contribution is -2.36. The number of aromatic amines is 1. The number of methoxy groups -OCH3 is 1. The van der Waals surface area contributed by atoms with Gasteiger partial charge < -0.3 is 19.7 Å². The van der Waals surface area contributed by atoms with Gasteiger partial charge in [0.1, 0.15) is 5.75 Å². The Morgan fingerprint density at radius 1 is 1.16 bits per heavy atom. The highest BCUT2D eigenvalue weighted by Crippen LogP contribution is 2.35. The summed E-state index contributed by atoms with van der Waals surface area (Å²) >= 11 is 1.62. The zero-order chi connectivity index (χ0) is 25.2. The maximum absolute atomic E-state index is 12.6. The van der Waals surface area contributed by atoms with E-state index in [9.17, 15) is 4.79 Å². The summed E-state index contributed by atoms with van der Waals surface area (Å²) in [5, 5.41) is 11.2. The molecule has 1 amide bonds. The van der Waals surface area contributed by atoms with E-state index in [0.29, 0.717) is 32.0 Å². The summed E-state index contributed by atoms with van der Waals surface area (Å²) in [5.41, 5.74) is 3.69. The van der Waals surface area contributed by atoms with Crippen LogP contribution in [0.3, 0.4) is 0 Å². The number of aromatic nitrogens is 4. The summed E-state index contributed by atoms with van der Waals surface area (Å²) in [6.45, 7) is 3.31. The number of rotatable bonds is 7. The van der Waals surface area contributed by atoms with Crippen molar-refractivity contribution in [1.82, 2.24) is 25.5 Å². The predicted octanol–water partition coefficient (Wildman–Crippen LogP) is 3.94. The van der Waals surface area contributed by atoms with Crippen molar-refractivity contribution in [2.45, 2.75) is 13.0 Å². The van der Waals surface area contributed by atoms with E-state index < -0.39 is 0 Å². The van der Waals surface area contributed by atoms with Gasteiger partial charge in [-0.2, -0.15) is 5.10 Å². The van der Waals surface area contributed by atoms with Crippen molar-refractivity contribution in [2.24, 2.45) is 0 Å². The van der Waals surface area contributed by atoms with E-state index in [1.165, 1.54) is 0 Å². The van der Waals surface area contributed by atoms with Gasteiger partial charge in [0.15, 0.2) is 11.6 Å². The van der Waals surface area contributed by atoms with Crippen LogP contribution in [0.15, 0.2) is 54.7 Å². The Hall–Kier alpha value is -4.02. The molecular weight excluding hydrogens is 488 g/mol. The molecule has 37 heavy (non-hydrogen) atoms. The molecule has 1 saturated heterocycles. The minimum Gasteiger partial charge on any atom is -0.497 e. The van der Waals surface area contributed by atoms with Crippen molar-refractivity contribution in [3.63, 3.8) is 0 Å². The van der Waals surface area contributed by atoms with E-state index in [4.69, 9.17) is 19.4 Å². The van der Waals surface area contributed by atoms with Crippen LogP contribution in [0.5, 0.6) is 5.75 Å². The van der Waals surface area contributed by atoms with Crippen LogP contribution in [0.4, 0.5) is 5.82 Å². The molecule has 9 nitrogen and oxygen atoms in total. The standard InChI is InChI=1S/C27H26N6O3S/c1-35-18-7-5-17(6-8-18)13-24(34)28-15-19-14-23-25(37-19)27(33-9-11-36-12-10-33)31-26(30-23)20-3-2-4-22-21(20)16-29-32-22/h2-8,14,16H,9-13,15H2,1H3,(H,28,34)(H,29,32). The molecule has 188 valence electrons. The minimum atomic E-state index is -0.0329. The number of thiophene rings is 1. The van der Waals surface area contributed by atoms with Crippen LogP contribution < -0.4 is 15.0 Å². The third-order valence-corrected chi connectivity index (χ3v) is 7.54. The second kappa shape index (κ2) is 10.2. The zero-order valence-electron chi connectivity index (χ0n) is 20.4. The number of H-pyrrole nitrogens is 1. The SMILES string of the molecule is COc1ccc(CC(=O)NCc2cc3nc(-c4cccc5[nH]ncc45)nc(N4CCOCC4)c3s2)cc1. The molecule has 5 aromatic rings. The first kappa shape index (κ1) is 23.4. The normalized spacial score (nSPS) is 13.8. The maximum Gasteiger partial charge on any atom is 0.224 e. The number of morpholine rings is 1. The molecule has 4 heterocycles. The average molecular weight is 515 g/mol. The average Bonchev–Trinajstić information content (AvgIpc) is 3.59. The number of amides is 1. The molecule has 2 N–H and O–H groups in total. The van der Waals surface area contributed by atoms with Crippen LogP contribution in [0, 0.1) is 0 Å². The summed E-state index contributed by atoms with van der Waals surface area (Å²) in [7, 11) is 1.63. The summed E-state index contributed by atoms with van der Waals surface area (Å²) in [6, 6.07) is 15.6. The summed E-state index contributed by atoms with van der Waals surface area (Å²) in [5.74, 6) is 2.31. The smallest absolute Gasteiger partial charge is 0.224 e. The lowest BCUT2D eigenvalue weighted by molar-refractivity contribution is -0.120. The summed E-state index contributed by atoms with van der Waals surface area (Å²) < 4.78 is 11.8. The fraction of sp³-hybridized carbons (Fsp3) is 0.259. The van der Waals surface area contributed by atoms with Crippen molar-refractivity contribution in [1.29, 1.82) is 0 Å². The molecule has 10 heteroatoms. The molecule has 2 aromatic carbocycles. The Kier molecular flexibility index (Phi) is 6.42. The van der Waals surface area contributed by atoms with E-state index in [2.05, 4.69) is 26.5 Å². The van der Waals surface area contributed by atoms with Crippen molar-refractivity contribution in [3.8, 4) is 17.1 Å². The Bertz CT molecular complexity index is 1560. The molecule has 0 unspecified atom stereocenters. The van der Waals surface area contributed by atoms with Gasteiger partial charge in [-0.25, -0.2) is 9.97 Å². The first-order valence-corrected chi connectivity index (χ1v) is 12.9. The predicted molar refractivity (Wildman–Crippen MR) is 144 cm³/mol. The van der Waals surface area contributed by atoms with Gasteiger partial charge in [0.25, 0.3) is 0 Å². The van der Waals surface area contributed by atoms with Crippen LogP contribution in [-0.2, 0) is 22.5 Å². The molecule has 0 bridgehead atoms. The van der Waals surface area contributed by atoms with Crippen LogP contribution in [0.2, 0.25) is 0 Å².